The van der Waals surface area contributed by atoms with E-state index < -0.39 is 10.0 Å². The molecular weight excluding hydrogens is 334 g/mol. The number of benzene rings is 1. The van der Waals surface area contributed by atoms with Crippen molar-refractivity contribution in [3.05, 3.63) is 29.3 Å². The summed E-state index contributed by atoms with van der Waals surface area (Å²) in [4.78, 5) is 0.290. The number of nitrogens with zero attached hydrogens (tertiary/aromatic N) is 2. The van der Waals surface area contributed by atoms with Gasteiger partial charge in [-0.25, -0.2) is 8.42 Å². The summed E-state index contributed by atoms with van der Waals surface area (Å²) >= 11 is 0. The summed E-state index contributed by atoms with van der Waals surface area (Å²) in [6.07, 6.45) is 2.92. The molecule has 7 heteroatoms. The number of rotatable bonds is 5. The molecule has 1 aromatic rings. The predicted octanol–water partition coefficient (Wildman–Crippen LogP) is 2.30. The van der Waals surface area contributed by atoms with Gasteiger partial charge < -0.3 is 5.32 Å². The number of sulfonamides is 1. The lowest BCUT2D eigenvalue weighted by molar-refractivity contribution is 0.263. The van der Waals surface area contributed by atoms with Gasteiger partial charge in [0, 0.05) is 13.1 Å². The fourth-order valence-electron chi connectivity index (χ4n) is 2.86. The van der Waals surface area contributed by atoms with E-state index >= 15 is 0 Å². The number of nitriles is 1. The van der Waals surface area contributed by atoms with E-state index in [0.29, 0.717) is 30.1 Å². The number of piperidine rings is 1. The number of halogens is 1. The van der Waals surface area contributed by atoms with Gasteiger partial charge in [-0.15, -0.1) is 12.4 Å². The second kappa shape index (κ2) is 8.65. The van der Waals surface area contributed by atoms with E-state index in [1.165, 1.54) is 6.07 Å². The number of aryl methyl sites for hydroxylation is 1. The number of hydrogen-bond donors (Lipinski definition) is 1. The fourth-order valence-corrected chi connectivity index (χ4v) is 4.41. The molecule has 0 saturated carbocycles. The van der Waals surface area contributed by atoms with Crippen LogP contribution in [0.2, 0.25) is 0 Å². The van der Waals surface area contributed by atoms with Gasteiger partial charge in [0.1, 0.15) is 0 Å². The van der Waals surface area contributed by atoms with Gasteiger partial charge in [0.05, 0.1) is 16.5 Å². The largest absolute Gasteiger partial charge is 0.320 e. The van der Waals surface area contributed by atoms with Gasteiger partial charge in [-0.05, 0) is 69.5 Å². The maximum atomic E-state index is 12.7. The summed E-state index contributed by atoms with van der Waals surface area (Å²) in [7, 11) is -1.51. The van der Waals surface area contributed by atoms with Gasteiger partial charge in [0.25, 0.3) is 0 Å². The minimum atomic E-state index is -3.45. The van der Waals surface area contributed by atoms with Crippen molar-refractivity contribution < 1.29 is 8.42 Å². The lowest BCUT2D eigenvalue weighted by atomic mass is 9.95. The van der Waals surface area contributed by atoms with E-state index in [2.05, 4.69) is 11.4 Å². The fraction of sp³-hybridized carbons (Fsp3) is 0.562. The summed E-state index contributed by atoms with van der Waals surface area (Å²) in [5, 5.41) is 12.1. The SMILES string of the molecule is CNCCC1CCN(S(=O)(=O)c2ccc(C#N)c(C)c2)CC1.Cl. The molecule has 2 rings (SSSR count). The van der Waals surface area contributed by atoms with Crippen LogP contribution < -0.4 is 5.32 Å². The Labute approximate surface area is 145 Å². The van der Waals surface area contributed by atoms with Gasteiger partial charge in [0.2, 0.25) is 10.0 Å². The van der Waals surface area contributed by atoms with Crippen molar-refractivity contribution in [2.45, 2.75) is 31.1 Å². The molecule has 0 unspecified atom stereocenters. The Bertz CT molecular complexity index is 662. The molecule has 0 aliphatic carbocycles. The van der Waals surface area contributed by atoms with Crippen LogP contribution in [0.15, 0.2) is 23.1 Å². The molecule has 0 spiro atoms. The first kappa shape index (κ1) is 19.9. The molecular formula is C16H24ClN3O2S. The Morgan fingerprint density at radius 2 is 2.00 bits per heavy atom. The highest BCUT2D eigenvalue weighted by atomic mass is 35.5. The van der Waals surface area contributed by atoms with Crippen LogP contribution in [0.25, 0.3) is 0 Å². The van der Waals surface area contributed by atoms with Crippen molar-refractivity contribution in [2.24, 2.45) is 5.92 Å². The first-order valence-electron chi connectivity index (χ1n) is 7.64. The first-order chi connectivity index (χ1) is 10.5. The van der Waals surface area contributed by atoms with Crippen molar-refractivity contribution in [3.8, 4) is 6.07 Å². The molecule has 0 aromatic heterocycles. The molecule has 23 heavy (non-hydrogen) atoms. The van der Waals surface area contributed by atoms with Crippen molar-refractivity contribution in [3.63, 3.8) is 0 Å². The topological polar surface area (TPSA) is 73.2 Å². The summed E-state index contributed by atoms with van der Waals surface area (Å²) in [5.41, 5.74) is 1.22. The molecule has 0 bridgehead atoms. The zero-order valence-corrected chi connectivity index (χ0v) is 15.2. The Morgan fingerprint density at radius 1 is 1.35 bits per heavy atom. The average Bonchev–Trinajstić information content (AvgIpc) is 2.53. The molecule has 1 N–H and O–H groups in total. The lowest BCUT2D eigenvalue weighted by Gasteiger charge is -2.31. The average molecular weight is 358 g/mol. The minimum absolute atomic E-state index is 0. The number of hydrogen-bond acceptors (Lipinski definition) is 4. The van der Waals surface area contributed by atoms with Crippen molar-refractivity contribution >= 4 is 22.4 Å². The standard InChI is InChI=1S/C16H23N3O2S.ClH/c1-13-11-16(4-3-15(13)12-17)22(20,21)19-9-6-14(7-10-19)5-8-18-2;/h3-4,11,14,18H,5-10H2,1-2H3;1H. The molecule has 1 fully saturated rings. The smallest absolute Gasteiger partial charge is 0.243 e. The highest BCUT2D eigenvalue weighted by Crippen LogP contribution is 2.26. The van der Waals surface area contributed by atoms with Crippen LogP contribution in [-0.4, -0.2) is 39.4 Å². The zero-order valence-electron chi connectivity index (χ0n) is 13.6. The summed E-state index contributed by atoms with van der Waals surface area (Å²) < 4.78 is 27.0. The number of nitrogens with one attached hydrogen (secondary N) is 1. The summed E-state index contributed by atoms with van der Waals surface area (Å²) in [5.74, 6) is 0.599. The quantitative estimate of drug-likeness (QED) is 0.877. The van der Waals surface area contributed by atoms with Gasteiger partial charge in [-0.3, -0.25) is 0 Å². The van der Waals surface area contributed by atoms with Crippen LogP contribution >= 0.6 is 12.4 Å². The van der Waals surface area contributed by atoms with Gasteiger partial charge in [-0.2, -0.15) is 9.57 Å². The molecule has 1 aliphatic heterocycles. The minimum Gasteiger partial charge on any atom is -0.320 e. The maximum absolute atomic E-state index is 12.7. The van der Waals surface area contributed by atoms with E-state index in [9.17, 15) is 8.42 Å². The van der Waals surface area contributed by atoms with E-state index in [0.717, 1.165) is 25.8 Å². The second-order valence-corrected chi connectivity index (χ2v) is 7.77. The van der Waals surface area contributed by atoms with Gasteiger partial charge >= 0.3 is 0 Å². The Kier molecular flexibility index (Phi) is 7.49. The highest BCUT2D eigenvalue weighted by Gasteiger charge is 2.29. The van der Waals surface area contributed by atoms with E-state index in [1.54, 1.807) is 23.4 Å². The van der Waals surface area contributed by atoms with E-state index in [1.807, 2.05) is 7.05 Å². The predicted molar refractivity (Wildman–Crippen MR) is 93.2 cm³/mol. The third-order valence-corrected chi connectivity index (χ3v) is 6.23. The third-order valence-electron chi connectivity index (χ3n) is 4.33. The van der Waals surface area contributed by atoms with Crippen LogP contribution in [0.3, 0.4) is 0 Å². The van der Waals surface area contributed by atoms with E-state index in [-0.39, 0.29) is 17.3 Å². The molecule has 5 nitrogen and oxygen atoms in total. The van der Waals surface area contributed by atoms with Gasteiger partial charge in [0.15, 0.2) is 0 Å². The molecule has 0 amide bonds. The van der Waals surface area contributed by atoms with E-state index in [4.69, 9.17) is 5.26 Å². The Balaban J connectivity index is 0.00000264. The zero-order chi connectivity index (χ0) is 16.2. The lowest BCUT2D eigenvalue weighted by Crippen LogP contribution is -2.38. The normalized spacial score (nSPS) is 16.6. The van der Waals surface area contributed by atoms with Crippen LogP contribution in [0, 0.1) is 24.2 Å². The van der Waals surface area contributed by atoms with Gasteiger partial charge in [-0.1, -0.05) is 0 Å². The molecule has 0 atom stereocenters. The third kappa shape index (κ3) is 4.67. The summed E-state index contributed by atoms with van der Waals surface area (Å²) in [6.45, 7) is 3.90. The van der Waals surface area contributed by atoms with Crippen LogP contribution in [0.4, 0.5) is 0 Å². The van der Waals surface area contributed by atoms with Crippen LogP contribution in [-0.2, 0) is 10.0 Å². The molecule has 1 heterocycles. The van der Waals surface area contributed by atoms with Crippen molar-refractivity contribution in [1.82, 2.24) is 9.62 Å². The highest BCUT2D eigenvalue weighted by molar-refractivity contribution is 7.89. The molecule has 1 aromatic carbocycles. The molecule has 1 saturated heterocycles. The molecule has 1 aliphatic rings. The molecule has 128 valence electrons. The van der Waals surface area contributed by atoms with Crippen LogP contribution in [0.5, 0.6) is 0 Å². The maximum Gasteiger partial charge on any atom is 0.243 e. The first-order valence-corrected chi connectivity index (χ1v) is 9.08. The van der Waals surface area contributed by atoms with Crippen molar-refractivity contribution in [2.75, 3.05) is 26.7 Å². The monoisotopic (exact) mass is 357 g/mol. The van der Waals surface area contributed by atoms with Crippen molar-refractivity contribution in [1.29, 1.82) is 5.26 Å². The Morgan fingerprint density at radius 3 is 2.52 bits per heavy atom. The Hall–Kier alpha value is -1.13. The summed E-state index contributed by atoms with van der Waals surface area (Å²) in [6, 6.07) is 6.78. The molecule has 0 radical (unpaired) electrons. The van der Waals surface area contributed by atoms with Crippen LogP contribution in [0.1, 0.15) is 30.4 Å². The second-order valence-electron chi connectivity index (χ2n) is 5.83.